The van der Waals surface area contributed by atoms with Crippen LogP contribution in [0.4, 0.5) is 0 Å². The van der Waals surface area contributed by atoms with Gasteiger partial charge in [0.2, 0.25) is 0 Å². The van der Waals surface area contributed by atoms with E-state index in [2.05, 4.69) is 34.2 Å². The molecular weight excluding hydrogens is 240 g/mol. The molecule has 1 saturated heterocycles. The second-order valence-electron chi connectivity index (χ2n) is 5.02. The van der Waals surface area contributed by atoms with E-state index in [-0.39, 0.29) is 0 Å². The van der Waals surface area contributed by atoms with Gasteiger partial charge in [-0.3, -0.25) is 4.90 Å². The highest BCUT2D eigenvalue weighted by Crippen LogP contribution is 2.18. The normalized spacial score (nSPS) is 16.3. The predicted molar refractivity (Wildman–Crippen MR) is 72.1 cm³/mol. The van der Waals surface area contributed by atoms with Crippen LogP contribution in [0.5, 0.6) is 5.75 Å². The molecule has 1 aliphatic rings. The van der Waals surface area contributed by atoms with Crippen molar-refractivity contribution in [1.29, 1.82) is 0 Å². The molecule has 1 fully saturated rings. The Bertz CT molecular complexity index is 520. The molecule has 1 aliphatic heterocycles. The van der Waals surface area contributed by atoms with Crippen molar-refractivity contribution in [2.75, 3.05) is 19.6 Å². The quantitative estimate of drug-likeness (QED) is 0.812. The van der Waals surface area contributed by atoms with E-state index in [0.717, 1.165) is 31.9 Å². The average Bonchev–Trinajstić information content (AvgIpc) is 2.85. The van der Waals surface area contributed by atoms with Crippen LogP contribution in [0.1, 0.15) is 5.56 Å². The highest BCUT2D eigenvalue weighted by Gasteiger charge is 2.27. The lowest BCUT2D eigenvalue weighted by atomic mass is 10.1. The van der Waals surface area contributed by atoms with Gasteiger partial charge in [-0.05, 0) is 24.6 Å². The van der Waals surface area contributed by atoms with Crippen LogP contribution in [0.15, 0.2) is 36.9 Å². The molecule has 19 heavy (non-hydrogen) atoms. The smallest absolute Gasteiger partial charge is 0.124 e. The first-order valence-electron chi connectivity index (χ1n) is 6.58. The summed E-state index contributed by atoms with van der Waals surface area (Å²) < 4.78 is 7.92. The van der Waals surface area contributed by atoms with Gasteiger partial charge in [0.05, 0.1) is 0 Å². The van der Waals surface area contributed by atoms with E-state index in [1.165, 1.54) is 5.56 Å². The number of ether oxygens (including phenoxy) is 1. The average molecular weight is 258 g/mol. The van der Waals surface area contributed by atoms with Gasteiger partial charge in [-0.25, -0.2) is 0 Å². The Balaban J connectivity index is 1.40. The monoisotopic (exact) mass is 258 g/mol. The molecule has 0 spiro atoms. The summed E-state index contributed by atoms with van der Waals surface area (Å²) >= 11 is 0. The van der Waals surface area contributed by atoms with Gasteiger partial charge in [-0.1, -0.05) is 12.1 Å². The zero-order chi connectivity index (χ0) is 13.1. The first-order chi connectivity index (χ1) is 9.29. The fourth-order valence-corrected chi connectivity index (χ4v) is 2.26. The Morgan fingerprint density at radius 2 is 2.00 bits per heavy atom. The molecular formula is C14H18N4O. The van der Waals surface area contributed by atoms with E-state index in [9.17, 15) is 0 Å². The van der Waals surface area contributed by atoms with Crippen molar-refractivity contribution >= 4 is 0 Å². The minimum absolute atomic E-state index is 0.322. The summed E-state index contributed by atoms with van der Waals surface area (Å²) in [5.74, 6) is 0.975. The molecule has 0 radical (unpaired) electrons. The lowest BCUT2D eigenvalue weighted by molar-refractivity contribution is 0.0180. The molecule has 0 unspecified atom stereocenters. The maximum absolute atomic E-state index is 5.93. The van der Waals surface area contributed by atoms with Gasteiger partial charge in [-0.15, -0.1) is 10.2 Å². The van der Waals surface area contributed by atoms with Crippen LogP contribution in [0.3, 0.4) is 0 Å². The minimum Gasteiger partial charge on any atom is -0.488 e. The van der Waals surface area contributed by atoms with Gasteiger partial charge in [-0.2, -0.15) is 0 Å². The second-order valence-corrected chi connectivity index (χ2v) is 5.02. The van der Waals surface area contributed by atoms with Crippen LogP contribution in [-0.2, 0) is 6.54 Å². The van der Waals surface area contributed by atoms with Crippen molar-refractivity contribution in [2.45, 2.75) is 19.6 Å². The standard InChI is InChI=1S/C14H18N4O/c1-12-3-2-4-13(7-12)19-14-8-17(9-14)5-6-18-10-15-16-11-18/h2-4,7,10-11,14H,5-6,8-9H2,1H3. The third-order valence-corrected chi connectivity index (χ3v) is 3.36. The largest absolute Gasteiger partial charge is 0.488 e. The summed E-state index contributed by atoms with van der Waals surface area (Å²) in [6.07, 6.45) is 3.82. The molecule has 0 atom stereocenters. The van der Waals surface area contributed by atoms with Crippen LogP contribution in [0.25, 0.3) is 0 Å². The van der Waals surface area contributed by atoms with Gasteiger partial charge < -0.3 is 9.30 Å². The molecule has 2 heterocycles. The Morgan fingerprint density at radius 3 is 2.74 bits per heavy atom. The zero-order valence-electron chi connectivity index (χ0n) is 11.1. The number of nitrogens with zero attached hydrogens (tertiary/aromatic N) is 4. The van der Waals surface area contributed by atoms with E-state index in [4.69, 9.17) is 4.74 Å². The van der Waals surface area contributed by atoms with E-state index >= 15 is 0 Å². The highest BCUT2D eigenvalue weighted by molar-refractivity contribution is 5.27. The Morgan fingerprint density at radius 1 is 1.21 bits per heavy atom. The fourth-order valence-electron chi connectivity index (χ4n) is 2.26. The minimum atomic E-state index is 0.322. The lowest BCUT2D eigenvalue weighted by Gasteiger charge is -2.39. The summed E-state index contributed by atoms with van der Waals surface area (Å²) in [6, 6.07) is 8.22. The van der Waals surface area contributed by atoms with Crippen molar-refractivity contribution < 1.29 is 4.74 Å². The third-order valence-electron chi connectivity index (χ3n) is 3.36. The molecule has 0 amide bonds. The summed E-state index contributed by atoms with van der Waals surface area (Å²) in [7, 11) is 0. The van der Waals surface area contributed by atoms with Crippen LogP contribution in [0.2, 0.25) is 0 Å². The van der Waals surface area contributed by atoms with Gasteiger partial charge in [0.1, 0.15) is 24.5 Å². The van der Waals surface area contributed by atoms with Crippen molar-refractivity contribution in [1.82, 2.24) is 19.7 Å². The predicted octanol–water partition coefficient (Wildman–Crippen LogP) is 1.35. The first-order valence-corrected chi connectivity index (χ1v) is 6.58. The van der Waals surface area contributed by atoms with Crippen molar-refractivity contribution in [3.8, 4) is 5.75 Å². The van der Waals surface area contributed by atoms with Crippen LogP contribution >= 0.6 is 0 Å². The van der Waals surface area contributed by atoms with E-state index in [1.807, 2.05) is 16.7 Å². The molecule has 1 aromatic carbocycles. The maximum Gasteiger partial charge on any atom is 0.124 e. The number of likely N-dealkylation sites (tertiary alicyclic amines) is 1. The topological polar surface area (TPSA) is 43.2 Å². The summed E-state index contributed by atoms with van der Waals surface area (Å²) in [5.41, 5.74) is 1.24. The molecule has 1 aromatic heterocycles. The van der Waals surface area contributed by atoms with Gasteiger partial charge >= 0.3 is 0 Å². The van der Waals surface area contributed by atoms with Crippen molar-refractivity contribution in [3.63, 3.8) is 0 Å². The van der Waals surface area contributed by atoms with Crippen molar-refractivity contribution in [3.05, 3.63) is 42.5 Å². The fraction of sp³-hybridized carbons (Fsp3) is 0.429. The van der Waals surface area contributed by atoms with Gasteiger partial charge in [0, 0.05) is 26.2 Å². The molecule has 2 aromatic rings. The van der Waals surface area contributed by atoms with Crippen molar-refractivity contribution in [2.24, 2.45) is 0 Å². The number of hydrogen-bond acceptors (Lipinski definition) is 4. The summed E-state index contributed by atoms with van der Waals surface area (Å²) in [6.45, 7) is 6.03. The van der Waals surface area contributed by atoms with Gasteiger partial charge in [0.15, 0.2) is 0 Å². The molecule has 0 saturated carbocycles. The van der Waals surface area contributed by atoms with Gasteiger partial charge in [0.25, 0.3) is 0 Å². The number of hydrogen-bond donors (Lipinski definition) is 0. The maximum atomic E-state index is 5.93. The molecule has 5 heteroatoms. The first kappa shape index (κ1) is 12.2. The zero-order valence-corrected chi connectivity index (χ0v) is 11.1. The molecule has 100 valence electrons. The SMILES string of the molecule is Cc1cccc(OC2CN(CCn3cnnc3)C2)c1. The summed E-state index contributed by atoms with van der Waals surface area (Å²) in [4.78, 5) is 2.38. The Hall–Kier alpha value is -1.88. The number of benzene rings is 1. The molecule has 5 nitrogen and oxygen atoms in total. The molecule has 0 aliphatic carbocycles. The lowest BCUT2D eigenvalue weighted by Crippen LogP contribution is -2.54. The number of aromatic nitrogens is 3. The van der Waals surface area contributed by atoms with Crippen LogP contribution < -0.4 is 4.74 Å². The van der Waals surface area contributed by atoms with Crippen LogP contribution in [0, 0.1) is 6.92 Å². The highest BCUT2D eigenvalue weighted by atomic mass is 16.5. The van der Waals surface area contributed by atoms with E-state index in [0.29, 0.717) is 6.10 Å². The Kier molecular flexibility index (Phi) is 3.46. The van der Waals surface area contributed by atoms with Crippen LogP contribution in [-0.4, -0.2) is 45.4 Å². The number of rotatable bonds is 5. The van der Waals surface area contributed by atoms with E-state index < -0.39 is 0 Å². The summed E-state index contributed by atoms with van der Waals surface area (Å²) in [5, 5.41) is 7.59. The van der Waals surface area contributed by atoms with E-state index in [1.54, 1.807) is 12.7 Å². The molecule has 0 N–H and O–H groups in total. The molecule has 3 rings (SSSR count). The molecule has 0 bridgehead atoms. The number of aryl methyl sites for hydroxylation is 1. The Labute approximate surface area is 112 Å². The third kappa shape index (κ3) is 3.12. The second kappa shape index (κ2) is 5.40.